The summed E-state index contributed by atoms with van der Waals surface area (Å²) in [6.45, 7) is 9.90. The molecule has 0 aliphatic rings. The van der Waals surface area contributed by atoms with Gasteiger partial charge in [0.25, 0.3) is 5.91 Å². The summed E-state index contributed by atoms with van der Waals surface area (Å²) in [5.74, 6) is 0.660. The summed E-state index contributed by atoms with van der Waals surface area (Å²) in [5, 5.41) is 0. The van der Waals surface area contributed by atoms with Gasteiger partial charge >= 0.3 is 0 Å². The van der Waals surface area contributed by atoms with E-state index in [-0.39, 0.29) is 5.91 Å². The first-order valence-electron chi connectivity index (χ1n) is 7.18. The number of nitrogens with two attached hydrogens (primary N) is 1. The van der Waals surface area contributed by atoms with Crippen LogP contribution in [0.1, 0.15) is 49.5 Å². The van der Waals surface area contributed by atoms with E-state index in [9.17, 15) is 4.79 Å². The predicted molar refractivity (Wildman–Crippen MR) is 81.2 cm³/mol. The van der Waals surface area contributed by atoms with E-state index < -0.39 is 0 Å². The van der Waals surface area contributed by atoms with E-state index in [1.807, 2.05) is 30.9 Å². The number of carbonyl (C=O) groups is 1. The maximum Gasteiger partial charge on any atom is 0.253 e. The van der Waals surface area contributed by atoms with Gasteiger partial charge in [-0.15, -0.1) is 0 Å². The van der Waals surface area contributed by atoms with Gasteiger partial charge in [0.05, 0.1) is 0 Å². The van der Waals surface area contributed by atoms with Crippen molar-refractivity contribution in [2.45, 2.75) is 40.5 Å². The van der Waals surface area contributed by atoms with Crippen LogP contribution >= 0.6 is 0 Å². The van der Waals surface area contributed by atoms with Crippen LogP contribution in [0.5, 0.6) is 0 Å². The summed E-state index contributed by atoms with van der Waals surface area (Å²) < 4.78 is 0. The normalized spacial score (nSPS) is 10.8. The molecular weight excluding hydrogens is 236 g/mol. The maximum atomic E-state index is 12.5. The zero-order chi connectivity index (χ0) is 14.4. The molecule has 0 aliphatic heterocycles. The Kier molecular flexibility index (Phi) is 5.87. The Balaban J connectivity index is 2.85. The molecule has 0 fully saturated rings. The molecule has 0 bridgehead atoms. The SMILES string of the molecule is CCC(CC)CN(CC)C(=O)c1ccc(C)c(N)c1. The summed E-state index contributed by atoms with van der Waals surface area (Å²) in [6.07, 6.45) is 2.21. The van der Waals surface area contributed by atoms with E-state index in [1.165, 1.54) is 0 Å². The number of rotatable bonds is 6. The molecule has 1 amide bonds. The number of hydrogen-bond donors (Lipinski definition) is 1. The Hall–Kier alpha value is -1.51. The van der Waals surface area contributed by atoms with Gasteiger partial charge in [0.1, 0.15) is 0 Å². The second-order valence-corrected chi connectivity index (χ2v) is 5.10. The minimum absolute atomic E-state index is 0.0844. The predicted octanol–water partition coefficient (Wildman–Crippen LogP) is 3.48. The van der Waals surface area contributed by atoms with Crippen LogP contribution in [0.3, 0.4) is 0 Å². The molecule has 1 aromatic rings. The van der Waals surface area contributed by atoms with E-state index in [1.54, 1.807) is 6.07 Å². The molecule has 0 saturated heterocycles. The molecule has 106 valence electrons. The standard InChI is InChI=1S/C16H26N2O/c1-5-13(6-2)11-18(7-3)16(19)14-9-8-12(4)15(17)10-14/h8-10,13H,5-7,11,17H2,1-4H3. The molecule has 0 aromatic heterocycles. The average Bonchev–Trinajstić information content (AvgIpc) is 2.42. The van der Waals surface area contributed by atoms with Gasteiger partial charge in [-0.3, -0.25) is 4.79 Å². The van der Waals surface area contributed by atoms with Crippen LogP contribution in [0.4, 0.5) is 5.69 Å². The first kappa shape index (κ1) is 15.5. The van der Waals surface area contributed by atoms with Crippen molar-refractivity contribution in [1.82, 2.24) is 4.90 Å². The Morgan fingerprint density at radius 1 is 1.26 bits per heavy atom. The van der Waals surface area contributed by atoms with Crippen LogP contribution in [0.2, 0.25) is 0 Å². The minimum Gasteiger partial charge on any atom is -0.398 e. The van der Waals surface area contributed by atoms with E-state index in [2.05, 4.69) is 13.8 Å². The van der Waals surface area contributed by atoms with Gasteiger partial charge in [-0.2, -0.15) is 0 Å². The summed E-state index contributed by atoms with van der Waals surface area (Å²) in [6, 6.07) is 5.56. The number of amides is 1. The third-order valence-corrected chi connectivity index (χ3v) is 3.83. The van der Waals surface area contributed by atoms with Crippen LogP contribution in [0.25, 0.3) is 0 Å². The number of nitrogen functional groups attached to an aromatic ring is 1. The highest BCUT2D eigenvalue weighted by Crippen LogP contribution is 2.17. The molecular formula is C16H26N2O. The van der Waals surface area contributed by atoms with Gasteiger partial charge in [0.15, 0.2) is 0 Å². The van der Waals surface area contributed by atoms with Crippen molar-refractivity contribution in [3.8, 4) is 0 Å². The van der Waals surface area contributed by atoms with Gasteiger partial charge < -0.3 is 10.6 Å². The molecule has 2 N–H and O–H groups in total. The van der Waals surface area contributed by atoms with Crippen molar-refractivity contribution in [1.29, 1.82) is 0 Å². The molecule has 0 heterocycles. The summed E-state index contributed by atoms with van der Waals surface area (Å²) >= 11 is 0. The monoisotopic (exact) mass is 262 g/mol. The van der Waals surface area contributed by atoms with Crippen molar-refractivity contribution >= 4 is 11.6 Å². The zero-order valence-electron chi connectivity index (χ0n) is 12.6. The molecule has 0 unspecified atom stereocenters. The lowest BCUT2D eigenvalue weighted by Crippen LogP contribution is -2.35. The lowest BCUT2D eigenvalue weighted by atomic mass is 10.0. The maximum absolute atomic E-state index is 12.5. The highest BCUT2D eigenvalue weighted by atomic mass is 16.2. The quantitative estimate of drug-likeness (QED) is 0.798. The Morgan fingerprint density at radius 3 is 2.37 bits per heavy atom. The van der Waals surface area contributed by atoms with Crippen LogP contribution in [-0.2, 0) is 0 Å². The average molecular weight is 262 g/mol. The highest BCUT2D eigenvalue weighted by Gasteiger charge is 2.17. The van der Waals surface area contributed by atoms with E-state index >= 15 is 0 Å². The second kappa shape index (κ2) is 7.17. The molecule has 19 heavy (non-hydrogen) atoms. The van der Waals surface area contributed by atoms with Gasteiger partial charge in [-0.1, -0.05) is 32.8 Å². The lowest BCUT2D eigenvalue weighted by molar-refractivity contribution is 0.0735. The first-order valence-corrected chi connectivity index (χ1v) is 7.18. The number of carbonyl (C=O) groups excluding carboxylic acids is 1. The molecule has 0 spiro atoms. The first-order chi connectivity index (χ1) is 9.03. The fourth-order valence-corrected chi connectivity index (χ4v) is 2.17. The number of nitrogens with zero attached hydrogens (tertiary/aromatic N) is 1. The largest absolute Gasteiger partial charge is 0.398 e. The Morgan fingerprint density at radius 2 is 1.89 bits per heavy atom. The molecule has 0 aliphatic carbocycles. The number of aryl methyl sites for hydroxylation is 1. The van der Waals surface area contributed by atoms with Crippen molar-refractivity contribution in [3.63, 3.8) is 0 Å². The fourth-order valence-electron chi connectivity index (χ4n) is 2.17. The number of benzene rings is 1. The fraction of sp³-hybridized carbons (Fsp3) is 0.562. The van der Waals surface area contributed by atoms with Crippen molar-refractivity contribution < 1.29 is 4.79 Å². The van der Waals surface area contributed by atoms with Crippen molar-refractivity contribution in [2.24, 2.45) is 5.92 Å². The third kappa shape index (κ3) is 3.98. The van der Waals surface area contributed by atoms with E-state index in [0.717, 1.165) is 31.5 Å². The molecule has 3 heteroatoms. The molecule has 3 nitrogen and oxygen atoms in total. The molecule has 1 rings (SSSR count). The van der Waals surface area contributed by atoms with E-state index in [4.69, 9.17) is 5.73 Å². The summed E-state index contributed by atoms with van der Waals surface area (Å²) in [7, 11) is 0. The smallest absolute Gasteiger partial charge is 0.253 e. The molecule has 0 radical (unpaired) electrons. The molecule has 1 aromatic carbocycles. The molecule has 0 atom stereocenters. The lowest BCUT2D eigenvalue weighted by Gasteiger charge is -2.25. The van der Waals surface area contributed by atoms with Crippen LogP contribution in [-0.4, -0.2) is 23.9 Å². The van der Waals surface area contributed by atoms with Crippen LogP contribution < -0.4 is 5.73 Å². The van der Waals surface area contributed by atoms with Crippen molar-refractivity contribution in [2.75, 3.05) is 18.8 Å². The molecule has 0 saturated carbocycles. The van der Waals surface area contributed by atoms with Gasteiger partial charge in [-0.25, -0.2) is 0 Å². The number of hydrogen-bond acceptors (Lipinski definition) is 2. The van der Waals surface area contributed by atoms with Gasteiger partial charge in [0, 0.05) is 24.3 Å². The second-order valence-electron chi connectivity index (χ2n) is 5.10. The summed E-state index contributed by atoms with van der Waals surface area (Å²) in [4.78, 5) is 14.4. The zero-order valence-corrected chi connectivity index (χ0v) is 12.6. The van der Waals surface area contributed by atoms with Gasteiger partial charge in [-0.05, 0) is 37.5 Å². The Bertz CT molecular complexity index is 425. The highest BCUT2D eigenvalue weighted by molar-refractivity contribution is 5.95. The summed E-state index contributed by atoms with van der Waals surface area (Å²) in [5.41, 5.74) is 8.27. The topological polar surface area (TPSA) is 46.3 Å². The van der Waals surface area contributed by atoms with E-state index in [0.29, 0.717) is 17.2 Å². The van der Waals surface area contributed by atoms with Crippen LogP contribution in [0.15, 0.2) is 18.2 Å². The number of anilines is 1. The Labute approximate surface area is 116 Å². The minimum atomic E-state index is 0.0844. The van der Waals surface area contributed by atoms with Crippen molar-refractivity contribution in [3.05, 3.63) is 29.3 Å². The van der Waals surface area contributed by atoms with Crippen LogP contribution in [0, 0.1) is 12.8 Å². The van der Waals surface area contributed by atoms with Gasteiger partial charge in [0.2, 0.25) is 0 Å². The third-order valence-electron chi connectivity index (χ3n) is 3.83.